The van der Waals surface area contributed by atoms with Gasteiger partial charge in [-0.2, -0.15) is 16.8 Å². The van der Waals surface area contributed by atoms with E-state index in [0.717, 1.165) is 13.2 Å². The number of ether oxygens (including phenoxy) is 1. The fourth-order valence-corrected chi connectivity index (χ4v) is 0.941. The molecule has 0 aromatic heterocycles. The molecule has 13 heteroatoms. The van der Waals surface area contributed by atoms with Crippen molar-refractivity contribution in [1.82, 2.24) is 0 Å². The van der Waals surface area contributed by atoms with E-state index < -0.39 is 34.0 Å². The number of hydrogen-bond acceptors (Lipinski definition) is 9. The fourth-order valence-electron chi connectivity index (χ4n) is 0.472. The summed E-state index contributed by atoms with van der Waals surface area (Å²) in [6.45, 7) is 6.33. The molecule has 0 rings (SSSR count). The molecule has 21 heavy (non-hydrogen) atoms. The van der Waals surface area contributed by atoms with E-state index in [2.05, 4.69) is 13.4 Å². The lowest BCUT2D eigenvalue weighted by Gasteiger charge is -1.99. The zero-order valence-corrected chi connectivity index (χ0v) is 13.6. The molecule has 0 bridgehead atoms. The smallest absolute Gasteiger partial charge is 0.397 e. The Labute approximate surface area is 124 Å². The van der Waals surface area contributed by atoms with Crippen molar-refractivity contribution < 1.29 is 49.2 Å². The van der Waals surface area contributed by atoms with Gasteiger partial charge in [0.05, 0.1) is 6.61 Å². The first-order chi connectivity index (χ1) is 9.54. The summed E-state index contributed by atoms with van der Waals surface area (Å²) in [6, 6.07) is 0. The third kappa shape index (κ3) is 45.1. The van der Waals surface area contributed by atoms with Crippen molar-refractivity contribution in [1.29, 1.82) is 0 Å². The van der Waals surface area contributed by atoms with Crippen molar-refractivity contribution in [3.63, 3.8) is 0 Å². The van der Waals surface area contributed by atoms with Crippen LogP contribution in [0.5, 0.6) is 0 Å². The van der Waals surface area contributed by atoms with Gasteiger partial charge >= 0.3 is 20.8 Å². The van der Waals surface area contributed by atoms with E-state index in [1.165, 1.54) is 0 Å². The van der Waals surface area contributed by atoms with Gasteiger partial charge in [0.1, 0.15) is 6.61 Å². The van der Waals surface area contributed by atoms with Crippen LogP contribution in [0.3, 0.4) is 0 Å². The Hall–Kier alpha value is -0.380. The molecule has 0 saturated carbocycles. The van der Waals surface area contributed by atoms with Gasteiger partial charge < -0.3 is 9.84 Å². The van der Waals surface area contributed by atoms with Gasteiger partial charge in [-0.3, -0.25) is 9.11 Å². The van der Waals surface area contributed by atoms with Crippen LogP contribution in [0.4, 0.5) is 0 Å². The van der Waals surface area contributed by atoms with Gasteiger partial charge in [-0.25, -0.2) is 9.07 Å². The molecule has 0 spiro atoms. The molecule has 0 radical (unpaired) electrons. The number of aliphatic hydroxyl groups excluding tert-OH is 1. The summed E-state index contributed by atoms with van der Waals surface area (Å²) < 4.78 is 67.0. The second-order valence-corrected chi connectivity index (χ2v) is 4.75. The van der Waals surface area contributed by atoms with Crippen LogP contribution in [-0.4, -0.2) is 64.1 Å². The zero-order chi connectivity index (χ0) is 17.4. The maximum absolute atomic E-state index is 9.86. The van der Waals surface area contributed by atoms with Crippen molar-refractivity contribution in [2.45, 2.75) is 20.8 Å². The predicted octanol–water partition coefficient (Wildman–Crippen LogP) is -0.402. The molecule has 0 unspecified atom stereocenters. The molecule has 0 aliphatic heterocycles. The Balaban J connectivity index is -0.000000335. The van der Waals surface area contributed by atoms with Gasteiger partial charge in [0.15, 0.2) is 0 Å². The summed E-state index contributed by atoms with van der Waals surface area (Å²) in [5, 5.41) is 7.57. The number of rotatable bonds is 8. The lowest BCUT2D eigenvalue weighted by Crippen LogP contribution is -2.12. The van der Waals surface area contributed by atoms with Crippen molar-refractivity contribution in [3.8, 4) is 0 Å². The topological polar surface area (TPSA) is 166 Å². The highest BCUT2D eigenvalue weighted by atomic mass is 32.3. The van der Waals surface area contributed by atoms with Crippen LogP contribution < -0.4 is 0 Å². The zero-order valence-electron chi connectivity index (χ0n) is 12.0. The molecular weight excluding hydrogens is 336 g/mol. The van der Waals surface area contributed by atoms with Crippen molar-refractivity contribution in [2.75, 3.05) is 33.0 Å². The maximum atomic E-state index is 9.86. The molecular formula is C8H22O11S2. The normalized spacial score (nSPS) is 11.0. The van der Waals surface area contributed by atoms with Crippen molar-refractivity contribution in [2.24, 2.45) is 0 Å². The van der Waals surface area contributed by atoms with Crippen LogP contribution in [0.25, 0.3) is 0 Å². The number of hydrogen-bond donors (Lipinski definition) is 3. The third-order valence-corrected chi connectivity index (χ3v) is 1.67. The Morgan fingerprint density at radius 2 is 1.29 bits per heavy atom. The maximum Gasteiger partial charge on any atom is 0.424 e. The predicted molar refractivity (Wildman–Crippen MR) is 71.0 cm³/mol. The van der Waals surface area contributed by atoms with Gasteiger partial charge in [-0.05, 0) is 20.8 Å². The highest BCUT2D eigenvalue weighted by Gasteiger charge is 2.07. The van der Waals surface area contributed by atoms with Gasteiger partial charge in [-0.1, -0.05) is 4.33 Å². The SMILES string of the molecule is CCO.CCOCC.O=S(=O)(O)OCCOOS(=O)(=O)O. The molecule has 0 saturated heterocycles. The second-order valence-electron chi connectivity index (χ2n) is 2.67. The summed E-state index contributed by atoms with van der Waals surface area (Å²) in [7, 11) is -9.32. The standard InChI is InChI=1S/C4H10O.C2H6O9S2.C2H6O/c1-3-5-4-2;3-12(4,5)10-2-1-9-11-13(6,7)8;1-2-3/h3-4H2,1-2H3;1-2H2,(H,3,4,5)(H,6,7,8);3H,2H2,1H3. The summed E-state index contributed by atoms with van der Waals surface area (Å²) in [4.78, 5) is 3.75. The molecule has 0 heterocycles. The van der Waals surface area contributed by atoms with Crippen LogP contribution in [0.1, 0.15) is 20.8 Å². The van der Waals surface area contributed by atoms with E-state index in [1.807, 2.05) is 13.8 Å². The lowest BCUT2D eigenvalue weighted by molar-refractivity contribution is -0.211. The first-order valence-electron chi connectivity index (χ1n) is 5.62. The molecule has 0 aromatic carbocycles. The summed E-state index contributed by atoms with van der Waals surface area (Å²) in [5.41, 5.74) is 0. The first kappa shape index (κ1) is 25.6. The van der Waals surface area contributed by atoms with Crippen LogP contribution >= 0.6 is 0 Å². The Bertz CT molecular complexity index is 352. The minimum absolute atomic E-state index is 0.250. The van der Waals surface area contributed by atoms with Gasteiger partial charge in [0.2, 0.25) is 0 Å². The molecule has 0 atom stereocenters. The Morgan fingerprint density at radius 3 is 1.52 bits per heavy atom. The minimum Gasteiger partial charge on any atom is -0.397 e. The fraction of sp³-hybridized carbons (Fsp3) is 1.00. The molecule has 0 amide bonds. The molecule has 0 aromatic rings. The van der Waals surface area contributed by atoms with E-state index >= 15 is 0 Å². The Kier molecular flexibility index (Phi) is 19.5. The third-order valence-electron chi connectivity index (χ3n) is 0.941. The second kappa shape index (κ2) is 16.0. The summed E-state index contributed by atoms with van der Waals surface area (Å²) in [6.07, 6.45) is 0. The first-order valence-corrected chi connectivity index (χ1v) is 8.35. The molecule has 0 aliphatic rings. The van der Waals surface area contributed by atoms with E-state index in [0.29, 0.717) is 0 Å². The molecule has 3 N–H and O–H groups in total. The van der Waals surface area contributed by atoms with E-state index in [-0.39, 0.29) is 6.61 Å². The average Bonchev–Trinajstić information content (AvgIpc) is 2.28. The monoisotopic (exact) mass is 358 g/mol. The average molecular weight is 358 g/mol. The Morgan fingerprint density at radius 1 is 0.857 bits per heavy atom. The van der Waals surface area contributed by atoms with E-state index in [1.54, 1.807) is 6.92 Å². The van der Waals surface area contributed by atoms with Crippen LogP contribution in [0, 0.1) is 0 Å². The minimum atomic E-state index is -4.73. The van der Waals surface area contributed by atoms with Gasteiger partial charge in [0.25, 0.3) is 0 Å². The van der Waals surface area contributed by atoms with E-state index in [9.17, 15) is 16.8 Å². The highest BCUT2D eigenvalue weighted by molar-refractivity contribution is 7.81. The van der Waals surface area contributed by atoms with Crippen LogP contribution in [0.15, 0.2) is 0 Å². The quantitative estimate of drug-likeness (QED) is 0.223. The van der Waals surface area contributed by atoms with Crippen LogP contribution in [0.2, 0.25) is 0 Å². The number of aliphatic hydroxyl groups is 1. The molecule has 0 aliphatic carbocycles. The van der Waals surface area contributed by atoms with Gasteiger partial charge in [-0.15, -0.1) is 0 Å². The summed E-state index contributed by atoms with van der Waals surface area (Å²) in [5.74, 6) is 0. The summed E-state index contributed by atoms with van der Waals surface area (Å²) >= 11 is 0. The van der Waals surface area contributed by atoms with Crippen LogP contribution in [-0.2, 0) is 38.9 Å². The van der Waals surface area contributed by atoms with Gasteiger partial charge in [0, 0.05) is 19.8 Å². The lowest BCUT2D eigenvalue weighted by atomic mass is 10.8. The highest BCUT2D eigenvalue weighted by Crippen LogP contribution is 1.90. The molecule has 0 fully saturated rings. The molecule has 11 nitrogen and oxygen atoms in total. The van der Waals surface area contributed by atoms with Crippen molar-refractivity contribution in [3.05, 3.63) is 0 Å². The largest absolute Gasteiger partial charge is 0.424 e. The van der Waals surface area contributed by atoms with Crippen molar-refractivity contribution >= 4 is 20.8 Å². The molecule has 132 valence electrons. The van der Waals surface area contributed by atoms with E-state index in [4.69, 9.17) is 18.9 Å².